The third-order valence-electron chi connectivity index (χ3n) is 10.6. The first-order chi connectivity index (χ1) is 26.3. The second-order valence-electron chi connectivity index (χ2n) is 13.7. The summed E-state index contributed by atoms with van der Waals surface area (Å²) in [4.78, 5) is 2.39. The summed E-state index contributed by atoms with van der Waals surface area (Å²) >= 11 is 1.86. The average molecular weight is 694 g/mol. The molecule has 0 aliphatic heterocycles. The SMILES string of the molecule is c1ccc(-c2ccc(N(c3ccc(-c4cccc5ccccc45)cc3)c3cccc4oc5ccc6c7cc8ccccc8cc7sc6c5c34)cc2)cc1. The summed E-state index contributed by atoms with van der Waals surface area (Å²) in [6.07, 6.45) is 0. The highest BCUT2D eigenvalue weighted by Crippen LogP contribution is 2.48. The molecule has 2 heterocycles. The molecule has 0 saturated heterocycles. The van der Waals surface area contributed by atoms with E-state index in [-0.39, 0.29) is 0 Å². The molecule has 0 aliphatic carbocycles. The first-order valence-electron chi connectivity index (χ1n) is 18.0. The fourth-order valence-corrected chi connectivity index (χ4v) is 9.39. The molecule has 0 amide bonds. The largest absolute Gasteiger partial charge is 0.456 e. The molecule has 2 aromatic heterocycles. The van der Waals surface area contributed by atoms with Crippen LogP contribution in [0.3, 0.4) is 0 Å². The van der Waals surface area contributed by atoms with Gasteiger partial charge in [0.05, 0.1) is 11.1 Å². The number of benzene rings is 9. The number of rotatable bonds is 5. The van der Waals surface area contributed by atoms with Gasteiger partial charge < -0.3 is 9.32 Å². The molecule has 9 aromatic carbocycles. The van der Waals surface area contributed by atoms with Gasteiger partial charge in [-0.2, -0.15) is 0 Å². The minimum absolute atomic E-state index is 0.880. The summed E-state index contributed by atoms with van der Waals surface area (Å²) in [5, 5.41) is 9.85. The predicted octanol–water partition coefficient (Wildman–Crippen LogP) is 15.1. The quantitative estimate of drug-likeness (QED) is 0.178. The smallest absolute Gasteiger partial charge is 0.137 e. The van der Waals surface area contributed by atoms with Crippen LogP contribution in [0.5, 0.6) is 0 Å². The van der Waals surface area contributed by atoms with Crippen LogP contribution in [0.25, 0.3) is 85.9 Å². The first-order valence-corrected chi connectivity index (χ1v) is 18.8. The van der Waals surface area contributed by atoms with E-state index in [1.54, 1.807) is 0 Å². The molecule has 11 rings (SSSR count). The first kappa shape index (κ1) is 30.0. The lowest BCUT2D eigenvalue weighted by Gasteiger charge is -2.27. The Balaban J connectivity index is 1.14. The van der Waals surface area contributed by atoms with Crippen molar-refractivity contribution in [3.63, 3.8) is 0 Å². The molecular formula is C50H31NOS. The summed E-state index contributed by atoms with van der Waals surface area (Å²) in [6.45, 7) is 0. The Kier molecular flexibility index (Phi) is 6.76. The summed E-state index contributed by atoms with van der Waals surface area (Å²) in [6, 6.07) is 67.8. The van der Waals surface area contributed by atoms with Crippen LogP contribution in [0.1, 0.15) is 0 Å². The van der Waals surface area contributed by atoms with Crippen molar-refractivity contribution in [1.82, 2.24) is 0 Å². The van der Waals surface area contributed by atoms with E-state index < -0.39 is 0 Å². The van der Waals surface area contributed by atoms with Gasteiger partial charge in [0.2, 0.25) is 0 Å². The molecule has 0 spiro atoms. The molecule has 0 fully saturated rings. The molecule has 0 radical (unpaired) electrons. The monoisotopic (exact) mass is 693 g/mol. The van der Waals surface area contributed by atoms with Crippen molar-refractivity contribution in [3.05, 3.63) is 188 Å². The van der Waals surface area contributed by atoms with E-state index >= 15 is 0 Å². The highest BCUT2D eigenvalue weighted by Gasteiger charge is 2.22. The zero-order valence-corrected chi connectivity index (χ0v) is 29.5. The molecule has 0 aliphatic rings. The van der Waals surface area contributed by atoms with E-state index in [2.05, 4.69) is 193 Å². The molecule has 0 N–H and O–H groups in total. The number of fused-ring (bicyclic) bond motifs is 9. The highest BCUT2D eigenvalue weighted by atomic mass is 32.1. The molecule has 248 valence electrons. The summed E-state index contributed by atoms with van der Waals surface area (Å²) in [5.41, 5.74) is 9.85. The van der Waals surface area contributed by atoms with Gasteiger partial charge in [0.15, 0.2) is 0 Å². The Labute approximate surface area is 310 Å². The molecule has 53 heavy (non-hydrogen) atoms. The zero-order chi connectivity index (χ0) is 34.9. The number of thiophene rings is 1. The van der Waals surface area contributed by atoms with Gasteiger partial charge in [-0.15, -0.1) is 11.3 Å². The van der Waals surface area contributed by atoms with Crippen LogP contribution in [0, 0.1) is 0 Å². The molecule has 0 bridgehead atoms. The standard InChI is InChI=1S/C50H31NOS/c1-2-10-32(11-3-1)33-20-24-38(25-21-33)51(39-26-22-35(23-27-39)41-17-8-15-34-12-6-7-16-40(34)41)44-18-9-19-45-48(44)49-46(52-45)29-28-42-43-30-36-13-4-5-14-37(36)31-47(43)53-50(42)49/h1-31H. The maximum Gasteiger partial charge on any atom is 0.137 e. The fraction of sp³-hybridized carbons (Fsp3) is 0. The van der Waals surface area contributed by atoms with Gasteiger partial charge in [-0.3, -0.25) is 0 Å². The Morgan fingerprint density at radius 3 is 1.81 bits per heavy atom. The lowest BCUT2D eigenvalue weighted by molar-refractivity contribution is 0.669. The second kappa shape index (κ2) is 11.9. The van der Waals surface area contributed by atoms with Gasteiger partial charge >= 0.3 is 0 Å². The van der Waals surface area contributed by atoms with Crippen LogP contribution in [0.4, 0.5) is 17.1 Å². The minimum atomic E-state index is 0.880. The van der Waals surface area contributed by atoms with Crippen LogP contribution in [-0.2, 0) is 0 Å². The van der Waals surface area contributed by atoms with Crippen molar-refractivity contribution in [2.75, 3.05) is 4.90 Å². The predicted molar refractivity (Wildman–Crippen MR) is 227 cm³/mol. The van der Waals surface area contributed by atoms with Crippen LogP contribution < -0.4 is 4.90 Å². The van der Waals surface area contributed by atoms with Crippen molar-refractivity contribution >= 4 is 92.1 Å². The Bertz CT molecular complexity index is 3150. The highest BCUT2D eigenvalue weighted by molar-refractivity contribution is 7.26. The van der Waals surface area contributed by atoms with Crippen LogP contribution in [-0.4, -0.2) is 0 Å². The third kappa shape index (κ3) is 4.86. The topological polar surface area (TPSA) is 16.4 Å². The van der Waals surface area contributed by atoms with Crippen LogP contribution >= 0.6 is 11.3 Å². The van der Waals surface area contributed by atoms with Crippen molar-refractivity contribution < 1.29 is 4.42 Å². The lowest BCUT2D eigenvalue weighted by Crippen LogP contribution is -2.10. The molecule has 11 aromatic rings. The lowest BCUT2D eigenvalue weighted by atomic mass is 9.98. The number of hydrogen-bond donors (Lipinski definition) is 0. The van der Waals surface area contributed by atoms with Crippen molar-refractivity contribution in [1.29, 1.82) is 0 Å². The Hall–Kier alpha value is -6.68. The molecule has 2 nitrogen and oxygen atoms in total. The summed E-state index contributed by atoms with van der Waals surface area (Å²) in [5.74, 6) is 0. The van der Waals surface area contributed by atoms with Gasteiger partial charge in [-0.05, 0) is 104 Å². The maximum atomic E-state index is 6.67. The normalized spacial score (nSPS) is 11.8. The molecule has 3 heteroatoms. The van der Waals surface area contributed by atoms with Gasteiger partial charge in [0, 0.05) is 36.9 Å². The van der Waals surface area contributed by atoms with Crippen molar-refractivity contribution in [2.45, 2.75) is 0 Å². The Morgan fingerprint density at radius 1 is 0.396 bits per heavy atom. The van der Waals surface area contributed by atoms with Gasteiger partial charge in [0.25, 0.3) is 0 Å². The third-order valence-corrected chi connectivity index (χ3v) is 11.8. The van der Waals surface area contributed by atoms with Crippen LogP contribution in [0.15, 0.2) is 192 Å². The summed E-state index contributed by atoms with van der Waals surface area (Å²) < 4.78 is 9.21. The maximum absolute atomic E-state index is 6.67. The molecular weight excluding hydrogens is 663 g/mol. The number of hydrogen-bond acceptors (Lipinski definition) is 3. The molecule has 0 saturated carbocycles. The van der Waals surface area contributed by atoms with Gasteiger partial charge in [-0.1, -0.05) is 127 Å². The number of nitrogens with zero attached hydrogens (tertiary/aromatic N) is 1. The number of anilines is 3. The van der Waals surface area contributed by atoms with E-state index in [1.165, 1.54) is 64.0 Å². The average Bonchev–Trinajstić information content (AvgIpc) is 3.79. The van der Waals surface area contributed by atoms with Gasteiger partial charge in [-0.25, -0.2) is 0 Å². The van der Waals surface area contributed by atoms with Crippen LogP contribution in [0.2, 0.25) is 0 Å². The zero-order valence-electron chi connectivity index (χ0n) is 28.7. The van der Waals surface area contributed by atoms with E-state index in [0.717, 1.165) is 39.0 Å². The Morgan fingerprint density at radius 2 is 1.02 bits per heavy atom. The van der Waals surface area contributed by atoms with E-state index in [4.69, 9.17) is 4.42 Å². The van der Waals surface area contributed by atoms with E-state index in [9.17, 15) is 0 Å². The van der Waals surface area contributed by atoms with E-state index in [1.807, 2.05) is 11.3 Å². The van der Waals surface area contributed by atoms with E-state index in [0.29, 0.717) is 0 Å². The van der Waals surface area contributed by atoms with Gasteiger partial charge in [0.1, 0.15) is 11.2 Å². The second-order valence-corrected chi connectivity index (χ2v) is 14.7. The fourth-order valence-electron chi connectivity index (χ4n) is 8.12. The number of furan rings is 1. The molecule has 0 atom stereocenters. The van der Waals surface area contributed by atoms with Crippen molar-refractivity contribution in [3.8, 4) is 22.3 Å². The van der Waals surface area contributed by atoms with Crippen molar-refractivity contribution in [2.24, 2.45) is 0 Å². The summed E-state index contributed by atoms with van der Waals surface area (Å²) in [7, 11) is 0. The minimum Gasteiger partial charge on any atom is -0.456 e. The molecule has 0 unspecified atom stereocenters.